The van der Waals surface area contributed by atoms with Crippen LogP contribution in [0.4, 0.5) is 0 Å². The number of aromatic amines is 2. The van der Waals surface area contributed by atoms with Gasteiger partial charge >= 0.3 is 11.4 Å². The molecule has 2 N–H and O–H groups in total. The van der Waals surface area contributed by atoms with E-state index in [0.29, 0.717) is 4.60 Å². The zero-order valence-electron chi connectivity index (χ0n) is 6.69. The highest BCUT2D eigenvalue weighted by molar-refractivity contribution is 9.10. The number of aromatic nitrogens is 5. The molecule has 0 unspecified atom stereocenters. The number of hydrogen-bond acceptors (Lipinski definition) is 4. The molecule has 0 atom stereocenters. The van der Waals surface area contributed by atoms with Crippen molar-refractivity contribution in [3.63, 3.8) is 0 Å². The quantitative estimate of drug-likeness (QED) is 0.714. The fourth-order valence-corrected chi connectivity index (χ4v) is 1.14. The van der Waals surface area contributed by atoms with E-state index in [4.69, 9.17) is 0 Å². The Kier molecular flexibility index (Phi) is 2.04. The summed E-state index contributed by atoms with van der Waals surface area (Å²) in [6, 6.07) is 0. The number of hydrogen-bond donors (Lipinski definition) is 2. The van der Waals surface area contributed by atoms with Gasteiger partial charge in [0, 0.05) is 0 Å². The van der Waals surface area contributed by atoms with E-state index in [1.807, 2.05) is 0 Å². The molecule has 14 heavy (non-hydrogen) atoms. The Labute approximate surface area is 84.9 Å². The highest BCUT2D eigenvalue weighted by atomic mass is 79.9. The third-order valence-corrected chi connectivity index (χ3v) is 1.93. The lowest BCUT2D eigenvalue weighted by Crippen LogP contribution is -2.25. The Bertz CT molecular complexity index is 523. The van der Waals surface area contributed by atoms with Gasteiger partial charge in [-0.05, 0) is 15.9 Å². The second-order valence-corrected chi connectivity index (χ2v) is 3.21. The van der Waals surface area contributed by atoms with Crippen LogP contribution in [0.1, 0.15) is 0 Å². The first kappa shape index (κ1) is 8.88. The number of nitrogens with one attached hydrogen (secondary N) is 2. The fourth-order valence-electron chi connectivity index (χ4n) is 0.940. The molecule has 0 aliphatic rings. The number of nitrogens with zero attached hydrogens (tertiary/aromatic N) is 3. The zero-order valence-corrected chi connectivity index (χ0v) is 8.28. The van der Waals surface area contributed by atoms with Crippen LogP contribution in [-0.4, -0.2) is 24.7 Å². The van der Waals surface area contributed by atoms with Crippen molar-refractivity contribution < 1.29 is 0 Å². The van der Waals surface area contributed by atoms with Gasteiger partial charge in [-0.25, -0.2) is 29.8 Å². The minimum absolute atomic E-state index is 0.167. The molecule has 0 spiro atoms. The van der Waals surface area contributed by atoms with Crippen molar-refractivity contribution in [1.29, 1.82) is 0 Å². The summed E-state index contributed by atoms with van der Waals surface area (Å²) in [6.45, 7) is 0. The average molecular weight is 258 g/mol. The maximum absolute atomic E-state index is 11.1. The maximum atomic E-state index is 11.1. The second kappa shape index (κ2) is 3.22. The molecule has 72 valence electrons. The van der Waals surface area contributed by atoms with Crippen molar-refractivity contribution in [3.05, 3.63) is 38.0 Å². The van der Waals surface area contributed by atoms with E-state index < -0.39 is 11.4 Å². The van der Waals surface area contributed by atoms with Crippen LogP contribution >= 0.6 is 15.9 Å². The van der Waals surface area contributed by atoms with E-state index >= 15 is 0 Å². The lowest BCUT2D eigenvalue weighted by atomic mass is 10.6. The Morgan fingerprint density at radius 2 is 1.79 bits per heavy atom. The summed E-state index contributed by atoms with van der Waals surface area (Å²) in [6.07, 6.45) is 2.71. The molecule has 0 aromatic carbocycles. The first-order chi connectivity index (χ1) is 6.68. The Hall–Kier alpha value is -1.70. The number of rotatable bonds is 1. The van der Waals surface area contributed by atoms with E-state index in [1.54, 1.807) is 0 Å². The van der Waals surface area contributed by atoms with E-state index in [0.717, 1.165) is 4.57 Å². The lowest BCUT2D eigenvalue weighted by Gasteiger charge is -1.95. The number of halogens is 1. The van der Waals surface area contributed by atoms with Crippen molar-refractivity contribution >= 4 is 15.9 Å². The monoisotopic (exact) mass is 257 g/mol. The summed E-state index contributed by atoms with van der Waals surface area (Å²) >= 11 is 3.09. The molecule has 7 nitrogen and oxygen atoms in total. The van der Waals surface area contributed by atoms with Crippen molar-refractivity contribution in [1.82, 2.24) is 24.7 Å². The molecule has 8 heteroatoms. The van der Waals surface area contributed by atoms with Gasteiger partial charge in [-0.1, -0.05) is 0 Å². The molecular weight excluding hydrogens is 254 g/mol. The van der Waals surface area contributed by atoms with Gasteiger partial charge in [-0.2, -0.15) is 4.57 Å². The first-order valence-corrected chi connectivity index (χ1v) is 4.35. The van der Waals surface area contributed by atoms with Gasteiger partial charge in [0.1, 0.15) is 4.60 Å². The van der Waals surface area contributed by atoms with Gasteiger partial charge in [-0.15, -0.1) is 0 Å². The maximum Gasteiger partial charge on any atom is 0.350 e. The van der Waals surface area contributed by atoms with Gasteiger partial charge in [0.25, 0.3) is 0 Å². The van der Waals surface area contributed by atoms with Crippen LogP contribution in [-0.2, 0) is 0 Å². The van der Waals surface area contributed by atoms with Crippen LogP contribution in [0.3, 0.4) is 0 Å². The molecule has 2 heterocycles. The highest BCUT2D eigenvalue weighted by Crippen LogP contribution is 2.03. The van der Waals surface area contributed by atoms with Crippen LogP contribution in [0, 0.1) is 0 Å². The standard InChI is InChI=1S/C6H4BrN5O2/c7-3-1-9-4(2-8-3)12-5(13)10-11-6(12)14/h1-2H,(H,10,13)(H,11,14). The third kappa shape index (κ3) is 1.39. The minimum Gasteiger partial charge on any atom is -0.247 e. The Balaban J connectivity index is 2.66. The molecule has 0 saturated carbocycles. The van der Waals surface area contributed by atoms with Crippen molar-refractivity contribution in [2.45, 2.75) is 0 Å². The lowest BCUT2D eigenvalue weighted by molar-refractivity contribution is 0.891. The Morgan fingerprint density at radius 3 is 2.29 bits per heavy atom. The summed E-state index contributed by atoms with van der Waals surface area (Å²) in [7, 11) is 0. The van der Waals surface area contributed by atoms with E-state index in [9.17, 15) is 9.59 Å². The molecule has 0 amide bonds. The predicted molar refractivity (Wildman–Crippen MR) is 50.3 cm³/mol. The SMILES string of the molecule is O=c1[nH][nH]c(=O)n1-c1cnc(Br)cn1. The number of H-pyrrole nitrogens is 2. The molecule has 0 fully saturated rings. The fraction of sp³-hybridized carbons (Fsp3) is 0. The van der Waals surface area contributed by atoms with E-state index in [2.05, 4.69) is 36.1 Å². The van der Waals surface area contributed by atoms with Gasteiger partial charge in [0.2, 0.25) is 0 Å². The summed E-state index contributed by atoms with van der Waals surface area (Å²) in [5.41, 5.74) is -1.15. The van der Waals surface area contributed by atoms with Crippen molar-refractivity contribution in [2.24, 2.45) is 0 Å². The molecule has 0 radical (unpaired) electrons. The Morgan fingerprint density at radius 1 is 1.14 bits per heavy atom. The summed E-state index contributed by atoms with van der Waals surface area (Å²) in [5, 5.41) is 4.28. The van der Waals surface area contributed by atoms with E-state index in [-0.39, 0.29) is 5.82 Å². The summed E-state index contributed by atoms with van der Waals surface area (Å²) in [5.74, 6) is 0.167. The van der Waals surface area contributed by atoms with Gasteiger partial charge in [0.05, 0.1) is 12.4 Å². The average Bonchev–Trinajstić information content (AvgIpc) is 2.49. The van der Waals surface area contributed by atoms with Crippen molar-refractivity contribution in [3.8, 4) is 5.82 Å². The van der Waals surface area contributed by atoms with Gasteiger partial charge in [0.15, 0.2) is 5.82 Å². The van der Waals surface area contributed by atoms with Gasteiger partial charge in [-0.3, -0.25) is 0 Å². The van der Waals surface area contributed by atoms with Crippen LogP contribution < -0.4 is 11.4 Å². The normalized spacial score (nSPS) is 10.4. The van der Waals surface area contributed by atoms with Crippen LogP contribution in [0.2, 0.25) is 0 Å². The molecule has 0 saturated heterocycles. The van der Waals surface area contributed by atoms with Crippen LogP contribution in [0.25, 0.3) is 5.82 Å². The minimum atomic E-state index is -0.577. The van der Waals surface area contributed by atoms with Crippen LogP contribution in [0.5, 0.6) is 0 Å². The second-order valence-electron chi connectivity index (χ2n) is 2.39. The summed E-state index contributed by atoms with van der Waals surface area (Å²) < 4.78 is 1.38. The summed E-state index contributed by atoms with van der Waals surface area (Å²) in [4.78, 5) is 29.9. The first-order valence-electron chi connectivity index (χ1n) is 3.56. The van der Waals surface area contributed by atoms with Gasteiger partial charge < -0.3 is 0 Å². The largest absolute Gasteiger partial charge is 0.350 e. The molecule has 0 bridgehead atoms. The molecule has 2 aromatic heterocycles. The smallest absolute Gasteiger partial charge is 0.247 e. The van der Waals surface area contributed by atoms with Crippen molar-refractivity contribution in [2.75, 3.05) is 0 Å². The topological polar surface area (TPSA) is 96.4 Å². The molecule has 2 aromatic rings. The highest BCUT2D eigenvalue weighted by Gasteiger charge is 2.06. The zero-order chi connectivity index (χ0) is 10.1. The molecule has 0 aliphatic heterocycles. The molecule has 0 aliphatic carbocycles. The predicted octanol–water partition coefficient (Wildman–Crippen LogP) is -0.594. The van der Waals surface area contributed by atoms with Crippen LogP contribution in [0.15, 0.2) is 26.6 Å². The molecule has 2 rings (SSSR count). The van der Waals surface area contributed by atoms with E-state index in [1.165, 1.54) is 12.4 Å². The third-order valence-electron chi connectivity index (χ3n) is 1.52. The molecular formula is C6H4BrN5O2.